The SMILES string of the molecule is C[C@H](C(=O)Nc1ncccn1)N(C)CCc1ccc(Cl)cc1. The van der Waals surface area contributed by atoms with Crippen molar-refractivity contribution in [2.45, 2.75) is 19.4 Å². The van der Waals surface area contributed by atoms with Crippen LogP contribution in [0, 0.1) is 0 Å². The van der Waals surface area contributed by atoms with Gasteiger partial charge in [0.2, 0.25) is 11.9 Å². The van der Waals surface area contributed by atoms with Gasteiger partial charge >= 0.3 is 0 Å². The van der Waals surface area contributed by atoms with Gasteiger partial charge in [-0.25, -0.2) is 9.97 Å². The summed E-state index contributed by atoms with van der Waals surface area (Å²) >= 11 is 5.87. The number of benzene rings is 1. The number of nitrogens with one attached hydrogen (secondary N) is 1. The van der Waals surface area contributed by atoms with Crippen molar-refractivity contribution in [2.24, 2.45) is 0 Å². The van der Waals surface area contributed by atoms with Crippen molar-refractivity contribution in [1.29, 1.82) is 0 Å². The largest absolute Gasteiger partial charge is 0.295 e. The van der Waals surface area contributed by atoms with Crippen molar-refractivity contribution in [2.75, 3.05) is 18.9 Å². The van der Waals surface area contributed by atoms with E-state index in [0.717, 1.165) is 18.0 Å². The molecule has 0 spiro atoms. The average Bonchev–Trinajstić information content (AvgIpc) is 2.54. The monoisotopic (exact) mass is 318 g/mol. The number of aromatic nitrogens is 2. The third-order valence-electron chi connectivity index (χ3n) is 3.51. The maximum atomic E-state index is 12.2. The number of hydrogen-bond acceptors (Lipinski definition) is 4. The van der Waals surface area contributed by atoms with E-state index in [-0.39, 0.29) is 11.9 Å². The van der Waals surface area contributed by atoms with E-state index in [1.807, 2.05) is 43.1 Å². The van der Waals surface area contributed by atoms with Crippen molar-refractivity contribution in [3.63, 3.8) is 0 Å². The van der Waals surface area contributed by atoms with Gasteiger partial charge in [-0.2, -0.15) is 0 Å². The highest BCUT2D eigenvalue weighted by molar-refractivity contribution is 6.30. The van der Waals surface area contributed by atoms with Crippen LogP contribution in [-0.4, -0.2) is 40.4 Å². The Hall–Kier alpha value is -1.98. The van der Waals surface area contributed by atoms with Crippen LogP contribution in [0.25, 0.3) is 0 Å². The van der Waals surface area contributed by atoms with Crippen molar-refractivity contribution in [3.05, 3.63) is 53.3 Å². The Morgan fingerprint density at radius 2 is 1.91 bits per heavy atom. The topological polar surface area (TPSA) is 58.1 Å². The molecule has 6 heteroatoms. The Morgan fingerprint density at radius 1 is 1.27 bits per heavy atom. The molecule has 0 aliphatic carbocycles. The summed E-state index contributed by atoms with van der Waals surface area (Å²) < 4.78 is 0. The van der Waals surface area contributed by atoms with E-state index < -0.39 is 0 Å². The van der Waals surface area contributed by atoms with Gasteiger partial charge in [0.1, 0.15) is 0 Å². The van der Waals surface area contributed by atoms with Gasteiger partial charge in [0, 0.05) is 24.0 Å². The smallest absolute Gasteiger partial charge is 0.243 e. The van der Waals surface area contributed by atoms with Gasteiger partial charge in [0.25, 0.3) is 0 Å². The number of halogens is 1. The van der Waals surface area contributed by atoms with E-state index >= 15 is 0 Å². The van der Waals surface area contributed by atoms with E-state index in [1.54, 1.807) is 18.5 Å². The molecule has 2 aromatic rings. The summed E-state index contributed by atoms with van der Waals surface area (Å²) in [5.41, 5.74) is 1.19. The molecular formula is C16H19ClN4O. The molecule has 0 unspecified atom stereocenters. The highest BCUT2D eigenvalue weighted by Gasteiger charge is 2.18. The first-order valence-electron chi connectivity index (χ1n) is 7.09. The van der Waals surface area contributed by atoms with Crippen LogP contribution in [0.15, 0.2) is 42.7 Å². The van der Waals surface area contributed by atoms with Crippen LogP contribution in [0.3, 0.4) is 0 Å². The predicted molar refractivity (Wildman–Crippen MR) is 87.9 cm³/mol. The lowest BCUT2D eigenvalue weighted by atomic mass is 10.1. The molecule has 1 amide bonds. The fourth-order valence-corrected chi connectivity index (χ4v) is 2.05. The van der Waals surface area contributed by atoms with Gasteiger partial charge in [-0.3, -0.25) is 15.0 Å². The Kier molecular flexibility index (Phi) is 5.86. The van der Waals surface area contributed by atoms with Gasteiger partial charge in [0.05, 0.1) is 6.04 Å². The van der Waals surface area contributed by atoms with E-state index in [2.05, 4.69) is 15.3 Å². The summed E-state index contributed by atoms with van der Waals surface area (Å²) in [5, 5.41) is 3.44. The molecule has 0 radical (unpaired) electrons. The van der Waals surface area contributed by atoms with E-state index in [1.165, 1.54) is 5.56 Å². The lowest BCUT2D eigenvalue weighted by Crippen LogP contribution is -2.40. The molecule has 22 heavy (non-hydrogen) atoms. The van der Waals surface area contributed by atoms with Crippen LogP contribution in [0.4, 0.5) is 5.95 Å². The first-order chi connectivity index (χ1) is 10.6. The molecular weight excluding hydrogens is 300 g/mol. The Labute approximate surface area is 135 Å². The third kappa shape index (κ3) is 4.79. The molecule has 0 aliphatic heterocycles. The number of nitrogens with zero attached hydrogens (tertiary/aromatic N) is 3. The average molecular weight is 319 g/mol. The Morgan fingerprint density at radius 3 is 2.55 bits per heavy atom. The molecule has 116 valence electrons. The number of carbonyl (C=O) groups is 1. The first kappa shape index (κ1) is 16.4. The molecule has 5 nitrogen and oxygen atoms in total. The van der Waals surface area contributed by atoms with Crippen molar-refractivity contribution in [1.82, 2.24) is 14.9 Å². The molecule has 0 saturated carbocycles. The number of carbonyl (C=O) groups excluding carboxylic acids is 1. The minimum Gasteiger partial charge on any atom is -0.295 e. The lowest BCUT2D eigenvalue weighted by molar-refractivity contribution is -0.120. The van der Waals surface area contributed by atoms with Crippen molar-refractivity contribution in [3.8, 4) is 0 Å². The van der Waals surface area contributed by atoms with Crippen molar-refractivity contribution < 1.29 is 4.79 Å². The molecule has 0 bridgehead atoms. The summed E-state index contributed by atoms with van der Waals surface area (Å²) in [6.07, 6.45) is 4.04. The number of amides is 1. The molecule has 1 N–H and O–H groups in total. The highest BCUT2D eigenvalue weighted by Crippen LogP contribution is 2.11. The van der Waals surface area contributed by atoms with Crippen molar-refractivity contribution >= 4 is 23.5 Å². The minimum absolute atomic E-state index is 0.121. The quantitative estimate of drug-likeness (QED) is 0.889. The number of hydrogen-bond donors (Lipinski definition) is 1. The van der Waals surface area contributed by atoms with Gasteiger partial charge in [-0.05, 0) is 44.2 Å². The molecule has 1 aromatic carbocycles. The fraction of sp³-hybridized carbons (Fsp3) is 0.312. The third-order valence-corrected chi connectivity index (χ3v) is 3.76. The van der Waals surface area contributed by atoms with E-state index in [4.69, 9.17) is 11.6 Å². The summed E-state index contributed by atoms with van der Waals surface area (Å²) in [5.74, 6) is 0.204. The van der Waals surface area contributed by atoms with Crippen LogP contribution < -0.4 is 5.32 Å². The summed E-state index contributed by atoms with van der Waals surface area (Å²) in [4.78, 5) is 22.1. The van der Waals surface area contributed by atoms with Gasteiger partial charge in [0.15, 0.2) is 0 Å². The molecule has 2 rings (SSSR count). The van der Waals surface area contributed by atoms with Gasteiger partial charge in [-0.15, -0.1) is 0 Å². The van der Waals surface area contributed by atoms with Crippen LogP contribution in [0.1, 0.15) is 12.5 Å². The molecule has 0 fully saturated rings. The highest BCUT2D eigenvalue weighted by atomic mass is 35.5. The molecule has 1 atom stereocenters. The Bertz CT molecular complexity index is 603. The number of likely N-dealkylation sites (N-methyl/N-ethyl adjacent to an activating group) is 1. The standard InChI is InChI=1S/C16H19ClN4O/c1-12(15(22)20-16-18-9-3-10-19-16)21(2)11-8-13-4-6-14(17)7-5-13/h3-7,9-10,12H,8,11H2,1-2H3,(H,18,19,20,22)/t12-/m1/s1. The fourth-order valence-electron chi connectivity index (χ4n) is 1.93. The summed E-state index contributed by atoms with van der Waals surface area (Å²) in [7, 11) is 1.92. The first-order valence-corrected chi connectivity index (χ1v) is 7.46. The summed E-state index contributed by atoms with van der Waals surface area (Å²) in [6, 6.07) is 9.19. The maximum Gasteiger partial charge on any atom is 0.243 e. The number of rotatable bonds is 6. The predicted octanol–water partition coefficient (Wildman–Crippen LogP) is 2.63. The van der Waals surface area contributed by atoms with Crippen LogP contribution >= 0.6 is 11.6 Å². The van der Waals surface area contributed by atoms with Gasteiger partial charge in [-0.1, -0.05) is 23.7 Å². The molecule has 1 heterocycles. The zero-order chi connectivity index (χ0) is 15.9. The Balaban J connectivity index is 1.84. The van der Waals surface area contributed by atoms with E-state index in [9.17, 15) is 4.79 Å². The lowest BCUT2D eigenvalue weighted by Gasteiger charge is -2.23. The normalized spacial score (nSPS) is 12.2. The van der Waals surface area contributed by atoms with E-state index in [0.29, 0.717) is 5.95 Å². The minimum atomic E-state index is -0.267. The second-order valence-corrected chi connectivity index (χ2v) is 5.53. The molecule has 0 saturated heterocycles. The summed E-state index contributed by atoms with van der Waals surface area (Å²) in [6.45, 7) is 2.63. The number of anilines is 1. The zero-order valence-electron chi connectivity index (χ0n) is 12.7. The maximum absolute atomic E-state index is 12.2. The van der Waals surface area contributed by atoms with Crippen LogP contribution in [0.5, 0.6) is 0 Å². The van der Waals surface area contributed by atoms with Crippen LogP contribution in [0.2, 0.25) is 5.02 Å². The zero-order valence-corrected chi connectivity index (χ0v) is 13.4. The molecule has 0 aliphatic rings. The van der Waals surface area contributed by atoms with Crippen LogP contribution in [-0.2, 0) is 11.2 Å². The molecule has 1 aromatic heterocycles. The van der Waals surface area contributed by atoms with Gasteiger partial charge < -0.3 is 0 Å². The second kappa shape index (κ2) is 7.87. The second-order valence-electron chi connectivity index (χ2n) is 5.09.